The molecular formula is C26H30BrFO7. The Hall–Kier alpha value is -1.87. The second kappa shape index (κ2) is 7.57. The van der Waals surface area contributed by atoms with Gasteiger partial charge in [0.1, 0.15) is 11.8 Å². The largest absolute Gasteiger partial charge is 0.458 e. The molecule has 1 aliphatic heterocycles. The van der Waals surface area contributed by atoms with Crippen LogP contribution in [0.25, 0.3) is 0 Å². The summed E-state index contributed by atoms with van der Waals surface area (Å²) >= 11 is 3.35. The van der Waals surface area contributed by atoms with Crippen molar-refractivity contribution in [2.75, 3.05) is 6.61 Å². The van der Waals surface area contributed by atoms with Gasteiger partial charge in [0.05, 0.1) is 10.6 Å². The molecule has 7 nitrogen and oxygen atoms in total. The molecule has 1 spiro atoms. The Labute approximate surface area is 211 Å². The summed E-state index contributed by atoms with van der Waals surface area (Å²) < 4.78 is 33.5. The highest BCUT2D eigenvalue weighted by Gasteiger charge is 2.84. The lowest BCUT2D eigenvalue weighted by Gasteiger charge is -2.56. The lowest BCUT2D eigenvalue weighted by molar-refractivity contribution is -0.193. The van der Waals surface area contributed by atoms with Gasteiger partial charge < -0.3 is 14.2 Å². The van der Waals surface area contributed by atoms with Crippen molar-refractivity contribution in [3.8, 4) is 0 Å². The van der Waals surface area contributed by atoms with E-state index in [4.69, 9.17) is 14.2 Å². The third-order valence-electron chi connectivity index (χ3n) is 9.65. The van der Waals surface area contributed by atoms with E-state index < -0.39 is 52.5 Å². The number of ether oxygens (including phenoxy) is 3. The Morgan fingerprint density at radius 1 is 1.17 bits per heavy atom. The fraction of sp³-hybridized carbons (Fsp3) is 0.692. The van der Waals surface area contributed by atoms with Crippen molar-refractivity contribution in [2.45, 2.75) is 77.4 Å². The number of rotatable bonds is 4. The second-order valence-corrected chi connectivity index (χ2v) is 12.1. The van der Waals surface area contributed by atoms with Crippen molar-refractivity contribution in [1.29, 1.82) is 0 Å². The summed E-state index contributed by atoms with van der Waals surface area (Å²) in [6.45, 7) is 7.72. The maximum absolute atomic E-state index is 15.7. The maximum Gasteiger partial charge on any atom is 0.303 e. The normalized spacial score (nSPS) is 47.3. The van der Waals surface area contributed by atoms with E-state index in [2.05, 4.69) is 15.9 Å². The molecule has 0 N–H and O–H groups in total. The van der Waals surface area contributed by atoms with E-state index >= 15 is 4.39 Å². The molecule has 1 unspecified atom stereocenters. The van der Waals surface area contributed by atoms with Crippen LogP contribution in [0, 0.1) is 28.6 Å². The molecule has 3 saturated carbocycles. The monoisotopic (exact) mass is 552 g/mol. The number of alkyl halides is 1. The predicted molar refractivity (Wildman–Crippen MR) is 125 cm³/mol. The van der Waals surface area contributed by atoms with E-state index in [9.17, 15) is 19.2 Å². The molecule has 0 radical (unpaired) electrons. The van der Waals surface area contributed by atoms with Crippen LogP contribution in [-0.4, -0.2) is 53.6 Å². The van der Waals surface area contributed by atoms with Crippen LogP contribution in [-0.2, 0) is 33.4 Å². The molecule has 35 heavy (non-hydrogen) atoms. The van der Waals surface area contributed by atoms with Gasteiger partial charge in [0.2, 0.25) is 5.78 Å². The molecule has 4 aliphatic carbocycles. The summed E-state index contributed by atoms with van der Waals surface area (Å²) in [7, 11) is 0. The zero-order chi connectivity index (χ0) is 25.7. The van der Waals surface area contributed by atoms with Crippen LogP contribution >= 0.6 is 15.9 Å². The van der Waals surface area contributed by atoms with Gasteiger partial charge in [-0.3, -0.25) is 19.2 Å². The third kappa shape index (κ3) is 2.97. The Bertz CT molecular complexity index is 1110. The summed E-state index contributed by atoms with van der Waals surface area (Å²) in [5.74, 6) is -2.71. The van der Waals surface area contributed by atoms with Crippen molar-refractivity contribution >= 4 is 39.4 Å². The van der Waals surface area contributed by atoms with Crippen LogP contribution in [0.5, 0.6) is 0 Å². The molecule has 0 amide bonds. The number of Topliss-reactive ketones (excluding diaryl/α,β-unsaturated/α-hetero) is 1. The van der Waals surface area contributed by atoms with Gasteiger partial charge in [-0.2, -0.15) is 0 Å². The molecule has 0 bridgehead atoms. The summed E-state index contributed by atoms with van der Waals surface area (Å²) in [4.78, 5) is 49.8. The minimum Gasteiger partial charge on any atom is -0.458 e. The van der Waals surface area contributed by atoms with Gasteiger partial charge in [-0.1, -0.05) is 19.9 Å². The fourth-order valence-corrected chi connectivity index (χ4v) is 8.96. The number of carbonyl (C=O) groups is 4. The Kier molecular flexibility index (Phi) is 5.37. The number of fused-ring (bicyclic) bond motifs is 3. The summed E-state index contributed by atoms with van der Waals surface area (Å²) in [5.41, 5.74) is -3.43. The zero-order valence-electron chi connectivity index (χ0n) is 20.5. The smallest absolute Gasteiger partial charge is 0.303 e. The zero-order valence-corrected chi connectivity index (χ0v) is 22.1. The fourth-order valence-electron chi connectivity index (χ4n) is 8.38. The van der Waals surface area contributed by atoms with Crippen molar-refractivity contribution < 1.29 is 37.8 Å². The number of hydrogen-bond donors (Lipinski definition) is 0. The van der Waals surface area contributed by atoms with E-state index in [1.165, 1.54) is 19.9 Å². The van der Waals surface area contributed by atoms with E-state index in [1.807, 2.05) is 20.8 Å². The van der Waals surface area contributed by atoms with Gasteiger partial charge in [0.25, 0.3) is 0 Å². The van der Waals surface area contributed by atoms with Crippen molar-refractivity contribution in [3.63, 3.8) is 0 Å². The Morgan fingerprint density at radius 3 is 2.49 bits per heavy atom. The molecule has 0 aromatic rings. The van der Waals surface area contributed by atoms with Crippen LogP contribution in [0.1, 0.15) is 53.9 Å². The third-order valence-corrected chi connectivity index (χ3v) is 10.3. The molecule has 9 atom stereocenters. The van der Waals surface area contributed by atoms with Crippen LogP contribution in [0.3, 0.4) is 0 Å². The molecule has 1 saturated heterocycles. The molecule has 0 aromatic carbocycles. The van der Waals surface area contributed by atoms with Gasteiger partial charge in [-0.15, -0.1) is 0 Å². The average Bonchev–Trinajstić information content (AvgIpc) is 3.43. The van der Waals surface area contributed by atoms with Crippen molar-refractivity contribution in [3.05, 3.63) is 22.2 Å². The molecule has 0 aromatic heterocycles. The first-order chi connectivity index (χ1) is 16.2. The number of hydrogen-bond acceptors (Lipinski definition) is 7. The van der Waals surface area contributed by atoms with Gasteiger partial charge in [-0.05, 0) is 65.6 Å². The molecule has 190 valence electrons. The van der Waals surface area contributed by atoms with E-state index in [0.717, 1.165) is 0 Å². The van der Waals surface area contributed by atoms with Gasteiger partial charge in [0.15, 0.2) is 18.0 Å². The highest BCUT2D eigenvalue weighted by Crippen LogP contribution is 2.77. The average molecular weight is 553 g/mol. The lowest BCUT2D eigenvalue weighted by atomic mass is 9.46. The highest BCUT2D eigenvalue weighted by atomic mass is 79.9. The molecular weight excluding hydrogens is 523 g/mol. The van der Waals surface area contributed by atoms with Crippen LogP contribution in [0.15, 0.2) is 22.2 Å². The highest BCUT2D eigenvalue weighted by molar-refractivity contribution is 9.12. The van der Waals surface area contributed by atoms with Crippen LogP contribution in [0.4, 0.5) is 4.39 Å². The predicted octanol–water partition coefficient (Wildman–Crippen LogP) is 3.78. The number of carbonyl (C=O) groups excluding carboxylic acids is 4. The number of esters is 2. The quantitative estimate of drug-likeness (QED) is 0.386. The van der Waals surface area contributed by atoms with E-state index in [0.29, 0.717) is 22.9 Å². The number of allylic oxidation sites excluding steroid dienone is 2. The number of epoxide rings is 1. The summed E-state index contributed by atoms with van der Waals surface area (Å²) in [5, 5.41) is 0. The number of ketones is 2. The minimum absolute atomic E-state index is 0.165. The standard InChI is InChI=1S/C26H30BrFO7/c1-12-6-15-16-7-19(28)17-8-20(31)18(27)9-23(17,4)26(16)22(35-26)10-24(15,5)25(12,34-14(3)30)21(32)11-33-13(2)29/h8-9,12,15-16,19,22H,6-7,10-11H2,1-5H3/t12-,15+,16+,19-,22+,23+,24+,25?,26-/m1/s1. The molecule has 4 fully saturated rings. The van der Waals surface area contributed by atoms with Crippen molar-refractivity contribution in [1.82, 2.24) is 0 Å². The SMILES string of the molecule is CC(=O)OCC(=O)C1(OC(C)=O)[C@H](C)C[C@H]2[C@@H]3C[C@@H](F)C4=CC(=O)C(Br)=C[C@]4(C)[C@@]34O[C@H]4C[C@@]21C. The number of halogens is 2. The van der Waals surface area contributed by atoms with Gasteiger partial charge in [0, 0.05) is 30.6 Å². The van der Waals surface area contributed by atoms with E-state index in [1.54, 1.807) is 6.08 Å². The van der Waals surface area contributed by atoms with E-state index in [-0.39, 0.29) is 36.1 Å². The van der Waals surface area contributed by atoms with Gasteiger partial charge >= 0.3 is 11.9 Å². The topological polar surface area (TPSA) is 99.3 Å². The first-order valence-corrected chi connectivity index (χ1v) is 12.9. The maximum atomic E-state index is 15.7. The summed E-state index contributed by atoms with van der Waals surface area (Å²) in [6.07, 6.45) is 2.67. The van der Waals surface area contributed by atoms with Crippen molar-refractivity contribution in [2.24, 2.45) is 28.6 Å². The molecule has 5 aliphatic rings. The van der Waals surface area contributed by atoms with Crippen LogP contribution in [0.2, 0.25) is 0 Å². The first kappa shape index (κ1) is 24.8. The Balaban J connectivity index is 1.60. The molecule has 5 rings (SSSR count). The Morgan fingerprint density at radius 2 is 1.86 bits per heavy atom. The molecule has 1 heterocycles. The summed E-state index contributed by atoms with van der Waals surface area (Å²) in [6, 6.07) is 0. The van der Waals surface area contributed by atoms with Gasteiger partial charge in [-0.25, -0.2) is 4.39 Å². The lowest BCUT2D eigenvalue weighted by Crippen LogP contribution is -2.64. The first-order valence-electron chi connectivity index (χ1n) is 12.1. The molecule has 9 heteroatoms. The second-order valence-electron chi connectivity index (χ2n) is 11.3. The minimum atomic E-state index is -1.52. The van der Waals surface area contributed by atoms with Crippen LogP contribution < -0.4 is 0 Å².